The number of esters is 1. The fraction of sp³-hybridized carbons (Fsp3) is 0.632. The molecule has 256 valence electrons. The second-order valence-corrected chi connectivity index (χ2v) is 19.1. The Bertz CT molecular complexity index is 1230. The zero-order chi connectivity index (χ0) is 35.7. The van der Waals surface area contributed by atoms with Gasteiger partial charge in [0.25, 0.3) is 0 Å². The first-order valence-corrected chi connectivity index (χ1v) is 17.7. The predicted molar refractivity (Wildman–Crippen MR) is 196 cm³/mol. The van der Waals surface area contributed by atoms with Crippen molar-refractivity contribution in [2.75, 3.05) is 0 Å². The van der Waals surface area contributed by atoms with Crippen LogP contribution in [-0.2, 0) is 25.8 Å². The molecule has 0 saturated heterocycles. The van der Waals surface area contributed by atoms with E-state index < -0.39 is 11.9 Å². The Morgan fingerprint density at radius 2 is 1.07 bits per heavy atom. The SMILES string of the molecule is CC.CC(C)C.Cc1cc(SC(C)(C)Sc2cc(C(C)(C)C)c(O)c(C(C)(C)C)c2)cc(C(C)(C)C)c1OC(=O)CCC(=O)O. The van der Waals surface area contributed by atoms with Crippen molar-refractivity contribution in [2.24, 2.45) is 5.92 Å². The average Bonchev–Trinajstić information content (AvgIpc) is 2.83. The molecule has 0 heterocycles. The van der Waals surface area contributed by atoms with E-state index in [9.17, 15) is 14.7 Å². The zero-order valence-corrected chi connectivity index (χ0v) is 32.9. The lowest BCUT2D eigenvalue weighted by molar-refractivity contribution is -0.142. The molecule has 2 N–H and O–H groups in total. The first-order valence-electron chi connectivity index (χ1n) is 16.1. The van der Waals surface area contributed by atoms with Gasteiger partial charge < -0.3 is 14.9 Å². The lowest BCUT2D eigenvalue weighted by Gasteiger charge is -2.30. The summed E-state index contributed by atoms with van der Waals surface area (Å²) < 4.78 is 5.45. The van der Waals surface area contributed by atoms with Crippen LogP contribution in [0.1, 0.15) is 146 Å². The summed E-state index contributed by atoms with van der Waals surface area (Å²) in [5, 5.41) is 20.0. The molecule has 2 aromatic rings. The minimum Gasteiger partial charge on any atom is -0.507 e. The van der Waals surface area contributed by atoms with Crippen LogP contribution in [0.25, 0.3) is 0 Å². The van der Waals surface area contributed by atoms with Gasteiger partial charge in [0, 0.05) is 26.5 Å². The summed E-state index contributed by atoms with van der Waals surface area (Å²) in [5.41, 5.74) is 2.94. The number of hydrogen-bond acceptors (Lipinski definition) is 6. The summed E-state index contributed by atoms with van der Waals surface area (Å²) in [7, 11) is 0. The quantitative estimate of drug-likeness (QED) is 0.126. The molecule has 0 radical (unpaired) electrons. The average molecular weight is 663 g/mol. The molecule has 2 rings (SSSR count). The van der Waals surface area contributed by atoms with Crippen molar-refractivity contribution in [1.82, 2.24) is 0 Å². The Kier molecular flexibility index (Phi) is 16.3. The number of aliphatic carboxylic acids is 1. The molecule has 2 aromatic carbocycles. The van der Waals surface area contributed by atoms with Gasteiger partial charge in [0.2, 0.25) is 0 Å². The second kappa shape index (κ2) is 17.2. The number of rotatable bonds is 8. The highest BCUT2D eigenvalue weighted by molar-refractivity contribution is 8.18. The Morgan fingerprint density at radius 3 is 1.42 bits per heavy atom. The molecule has 0 aromatic heterocycles. The number of benzene rings is 2. The van der Waals surface area contributed by atoms with Crippen molar-refractivity contribution in [1.29, 1.82) is 0 Å². The van der Waals surface area contributed by atoms with Crippen LogP contribution in [0.2, 0.25) is 0 Å². The summed E-state index contributed by atoms with van der Waals surface area (Å²) in [6.45, 7) is 35.7. The number of phenols is 1. The summed E-state index contributed by atoms with van der Waals surface area (Å²) in [4.78, 5) is 25.4. The Morgan fingerprint density at radius 1 is 0.711 bits per heavy atom. The number of carbonyl (C=O) groups excluding carboxylic acids is 1. The fourth-order valence-electron chi connectivity index (χ4n) is 4.26. The number of phenolic OH excluding ortho intramolecular Hbond substituents is 1. The van der Waals surface area contributed by atoms with Gasteiger partial charge in [0.15, 0.2) is 0 Å². The highest BCUT2D eigenvalue weighted by Gasteiger charge is 2.30. The number of aromatic hydroxyl groups is 1. The molecular weight excluding hydrogens is 601 g/mol. The molecule has 0 unspecified atom stereocenters. The van der Waals surface area contributed by atoms with Crippen LogP contribution in [0.5, 0.6) is 11.5 Å². The molecule has 0 amide bonds. The van der Waals surface area contributed by atoms with E-state index in [1.807, 2.05) is 26.8 Å². The molecule has 0 aliphatic heterocycles. The van der Waals surface area contributed by atoms with Crippen LogP contribution < -0.4 is 4.74 Å². The topological polar surface area (TPSA) is 83.8 Å². The monoisotopic (exact) mass is 662 g/mol. The third-order valence-corrected chi connectivity index (χ3v) is 8.67. The molecule has 0 aliphatic rings. The van der Waals surface area contributed by atoms with E-state index >= 15 is 0 Å². The maximum absolute atomic E-state index is 12.4. The minimum atomic E-state index is -1.02. The minimum absolute atomic E-state index is 0.168. The van der Waals surface area contributed by atoms with Gasteiger partial charge in [0.05, 0.1) is 16.9 Å². The molecule has 5 nitrogen and oxygen atoms in total. The maximum atomic E-state index is 12.4. The van der Waals surface area contributed by atoms with Crippen LogP contribution in [0.3, 0.4) is 0 Å². The molecule has 0 fully saturated rings. The fourth-order valence-corrected chi connectivity index (χ4v) is 6.91. The number of aryl methyl sites for hydroxylation is 1. The summed E-state index contributed by atoms with van der Waals surface area (Å²) in [6.07, 6.45) is -0.425. The van der Waals surface area contributed by atoms with Gasteiger partial charge in [0.1, 0.15) is 11.5 Å². The van der Waals surface area contributed by atoms with Gasteiger partial charge in [-0.25, -0.2) is 0 Å². The van der Waals surface area contributed by atoms with E-state index in [1.54, 1.807) is 23.5 Å². The number of carboxylic acid groups (broad SMARTS) is 1. The van der Waals surface area contributed by atoms with Crippen LogP contribution in [0.15, 0.2) is 34.1 Å². The molecule has 0 aliphatic carbocycles. The van der Waals surface area contributed by atoms with Crippen LogP contribution in [0, 0.1) is 12.8 Å². The van der Waals surface area contributed by atoms with Gasteiger partial charge in [-0.2, -0.15) is 0 Å². The number of ether oxygens (including phenoxy) is 1. The smallest absolute Gasteiger partial charge is 0.311 e. The van der Waals surface area contributed by atoms with E-state index in [4.69, 9.17) is 9.84 Å². The molecule has 7 heteroatoms. The number of carbonyl (C=O) groups is 2. The molecule has 0 atom stereocenters. The van der Waals surface area contributed by atoms with E-state index in [2.05, 4.69) is 115 Å². The summed E-state index contributed by atoms with van der Waals surface area (Å²) in [5.74, 6) is 0.155. The van der Waals surface area contributed by atoms with Crippen LogP contribution >= 0.6 is 23.5 Å². The van der Waals surface area contributed by atoms with Gasteiger partial charge in [-0.3, -0.25) is 9.59 Å². The second-order valence-electron chi connectivity index (χ2n) is 15.4. The summed E-state index contributed by atoms with van der Waals surface area (Å²) >= 11 is 3.50. The standard InChI is InChI=1S/C32H46O5S2.C4H10.C2H6/c1-19-15-20(18-24(31(8,9)10)28(19)37-26(35)14-13-25(33)34)38-32(11,12)39-21-16-22(29(2,3)4)27(36)23(17-21)30(5,6)7;1-4(2)3;1-2/h15-18,36H,13-14H2,1-12H3,(H,33,34);4H,1-3H3;1-2H3. The lowest BCUT2D eigenvalue weighted by atomic mass is 9.79. The lowest BCUT2D eigenvalue weighted by Crippen LogP contribution is -2.19. The Hall–Kier alpha value is -2.12. The molecule has 0 bridgehead atoms. The van der Waals surface area contributed by atoms with Crippen molar-refractivity contribution >= 4 is 35.5 Å². The third kappa shape index (κ3) is 14.9. The maximum Gasteiger partial charge on any atom is 0.311 e. The highest BCUT2D eigenvalue weighted by atomic mass is 32.2. The van der Waals surface area contributed by atoms with Crippen LogP contribution in [-0.4, -0.2) is 26.2 Å². The zero-order valence-electron chi connectivity index (χ0n) is 31.2. The number of hydrogen-bond donors (Lipinski definition) is 2. The van der Waals surface area contributed by atoms with Crippen molar-refractivity contribution in [2.45, 2.75) is 161 Å². The largest absolute Gasteiger partial charge is 0.507 e. The Labute approximate surface area is 283 Å². The van der Waals surface area contributed by atoms with Crippen molar-refractivity contribution < 1.29 is 24.5 Å². The highest BCUT2D eigenvalue weighted by Crippen LogP contribution is 2.50. The first kappa shape index (κ1) is 42.9. The van der Waals surface area contributed by atoms with Crippen molar-refractivity contribution in [3.63, 3.8) is 0 Å². The number of carboxylic acids is 1. The van der Waals surface area contributed by atoms with E-state index in [1.165, 1.54) is 0 Å². The van der Waals surface area contributed by atoms with Gasteiger partial charge in [-0.15, -0.1) is 23.5 Å². The molecule has 45 heavy (non-hydrogen) atoms. The van der Waals surface area contributed by atoms with Gasteiger partial charge >= 0.3 is 11.9 Å². The van der Waals surface area contributed by atoms with E-state index in [0.717, 1.165) is 38.0 Å². The van der Waals surface area contributed by atoms with Crippen LogP contribution in [0.4, 0.5) is 0 Å². The van der Waals surface area contributed by atoms with Gasteiger partial charge in [-0.05, 0) is 72.8 Å². The first-order chi connectivity index (χ1) is 20.2. The molecular formula is C38H62O5S2. The summed E-state index contributed by atoms with van der Waals surface area (Å²) in [6, 6.07) is 8.34. The van der Waals surface area contributed by atoms with Crippen molar-refractivity contribution in [3.05, 3.63) is 46.5 Å². The normalized spacial score (nSPS) is 12.1. The Balaban J connectivity index is 0.00000298. The van der Waals surface area contributed by atoms with E-state index in [0.29, 0.717) is 11.5 Å². The van der Waals surface area contributed by atoms with Crippen molar-refractivity contribution in [3.8, 4) is 11.5 Å². The molecule has 0 saturated carbocycles. The third-order valence-electron chi connectivity index (χ3n) is 6.24. The predicted octanol–water partition coefficient (Wildman–Crippen LogP) is 11.7. The molecule has 0 spiro atoms. The van der Waals surface area contributed by atoms with Gasteiger partial charge in [-0.1, -0.05) is 96.9 Å². The van der Waals surface area contributed by atoms with E-state index in [-0.39, 0.29) is 33.2 Å². The number of thioether (sulfide) groups is 2.